The Kier molecular flexibility index (Phi) is 6.19. The van der Waals surface area contributed by atoms with Crippen molar-refractivity contribution in [1.29, 1.82) is 0 Å². The summed E-state index contributed by atoms with van der Waals surface area (Å²) in [5.41, 5.74) is 2.84. The lowest BCUT2D eigenvalue weighted by molar-refractivity contribution is 0.0951. The highest BCUT2D eigenvalue weighted by Gasteiger charge is 2.29. The monoisotopic (exact) mass is 437 g/mol. The van der Waals surface area contributed by atoms with Crippen LogP contribution in [0.4, 0.5) is 5.69 Å². The summed E-state index contributed by atoms with van der Waals surface area (Å²) < 4.78 is 16.3. The Labute approximate surface area is 189 Å². The second kappa shape index (κ2) is 9.38. The lowest BCUT2D eigenvalue weighted by Gasteiger charge is -2.40. The van der Waals surface area contributed by atoms with Crippen LogP contribution in [0.5, 0.6) is 11.5 Å². The third-order valence-corrected chi connectivity index (χ3v) is 6.91. The van der Waals surface area contributed by atoms with Crippen LogP contribution < -0.4 is 19.7 Å². The van der Waals surface area contributed by atoms with Gasteiger partial charge in [0.15, 0.2) is 11.5 Å². The molecule has 1 N–H and O–H groups in total. The SMILES string of the molecule is CN(C1CCN(c2ccc(C(=O)NCc3ccc4c(c3)OCO4)cc2)CC1)[C@H]1CCOC1. The first-order valence-corrected chi connectivity index (χ1v) is 11.5. The summed E-state index contributed by atoms with van der Waals surface area (Å²) >= 11 is 0. The fourth-order valence-electron chi connectivity index (χ4n) is 4.83. The molecule has 5 rings (SSSR count). The first-order valence-electron chi connectivity index (χ1n) is 11.5. The molecule has 7 nitrogen and oxygen atoms in total. The molecule has 0 unspecified atom stereocenters. The molecular weight excluding hydrogens is 406 g/mol. The van der Waals surface area contributed by atoms with E-state index in [4.69, 9.17) is 14.2 Å². The number of carbonyl (C=O) groups excluding carboxylic acids is 1. The summed E-state index contributed by atoms with van der Waals surface area (Å²) in [6.45, 7) is 4.54. The smallest absolute Gasteiger partial charge is 0.251 e. The number of fused-ring (bicyclic) bond motifs is 1. The van der Waals surface area contributed by atoms with Crippen molar-refractivity contribution in [2.45, 2.75) is 37.9 Å². The summed E-state index contributed by atoms with van der Waals surface area (Å²) in [6.07, 6.45) is 3.46. The molecule has 2 aromatic rings. The minimum absolute atomic E-state index is 0.0756. The van der Waals surface area contributed by atoms with E-state index in [-0.39, 0.29) is 12.7 Å². The van der Waals surface area contributed by atoms with Crippen LogP contribution in [0.1, 0.15) is 35.2 Å². The summed E-state index contributed by atoms with van der Waals surface area (Å²) in [7, 11) is 2.25. The zero-order valence-corrected chi connectivity index (χ0v) is 18.6. The van der Waals surface area contributed by atoms with Crippen LogP contribution in [-0.2, 0) is 11.3 Å². The topological polar surface area (TPSA) is 63.3 Å². The largest absolute Gasteiger partial charge is 0.454 e. The molecule has 3 aliphatic heterocycles. The summed E-state index contributed by atoms with van der Waals surface area (Å²) in [6, 6.07) is 14.9. The van der Waals surface area contributed by atoms with E-state index in [9.17, 15) is 4.79 Å². The van der Waals surface area contributed by atoms with Crippen molar-refractivity contribution in [1.82, 2.24) is 10.2 Å². The van der Waals surface area contributed by atoms with Gasteiger partial charge in [0.25, 0.3) is 5.91 Å². The quantitative estimate of drug-likeness (QED) is 0.750. The predicted octanol–water partition coefficient (Wildman–Crippen LogP) is 3.03. The maximum Gasteiger partial charge on any atom is 0.251 e. The van der Waals surface area contributed by atoms with Crippen molar-refractivity contribution in [2.24, 2.45) is 0 Å². The molecule has 0 aromatic heterocycles. The number of hydrogen-bond acceptors (Lipinski definition) is 6. The number of nitrogens with one attached hydrogen (secondary N) is 1. The third-order valence-electron chi connectivity index (χ3n) is 6.91. The number of anilines is 1. The van der Waals surface area contributed by atoms with Gasteiger partial charge in [-0.05, 0) is 68.3 Å². The molecule has 0 radical (unpaired) electrons. The van der Waals surface area contributed by atoms with Gasteiger partial charge in [0.2, 0.25) is 6.79 Å². The predicted molar refractivity (Wildman–Crippen MR) is 122 cm³/mol. The highest BCUT2D eigenvalue weighted by Crippen LogP contribution is 2.32. The molecule has 32 heavy (non-hydrogen) atoms. The van der Waals surface area contributed by atoms with Gasteiger partial charge >= 0.3 is 0 Å². The van der Waals surface area contributed by atoms with Gasteiger partial charge in [-0.1, -0.05) is 6.07 Å². The number of amides is 1. The number of likely N-dealkylation sites (N-methyl/N-ethyl adjacent to an activating group) is 1. The van der Waals surface area contributed by atoms with Crippen LogP contribution in [0.3, 0.4) is 0 Å². The molecule has 1 amide bonds. The molecule has 1 atom stereocenters. The van der Waals surface area contributed by atoms with Gasteiger partial charge in [-0.2, -0.15) is 0 Å². The molecule has 3 heterocycles. The van der Waals surface area contributed by atoms with E-state index in [2.05, 4.69) is 34.3 Å². The lowest BCUT2D eigenvalue weighted by Crippen LogP contribution is -2.47. The Balaban J connectivity index is 1.12. The fraction of sp³-hybridized carbons (Fsp3) is 0.480. The summed E-state index contributed by atoms with van der Waals surface area (Å²) in [4.78, 5) is 17.5. The molecular formula is C25H31N3O4. The van der Waals surface area contributed by atoms with E-state index in [1.807, 2.05) is 30.3 Å². The van der Waals surface area contributed by atoms with Crippen molar-refractivity contribution >= 4 is 11.6 Å². The Hall–Kier alpha value is -2.77. The first-order chi connectivity index (χ1) is 15.7. The molecule has 0 spiro atoms. The van der Waals surface area contributed by atoms with Crippen LogP contribution in [-0.4, -0.2) is 63.0 Å². The van der Waals surface area contributed by atoms with Crippen LogP contribution in [0.2, 0.25) is 0 Å². The molecule has 2 aromatic carbocycles. The van der Waals surface area contributed by atoms with Crippen LogP contribution in [0, 0.1) is 0 Å². The van der Waals surface area contributed by atoms with E-state index in [0.717, 1.165) is 62.6 Å². The maximum absolute atomic E-state index is 12.6. The molecule has 2 fully saturated rings. The molecule has 0 aliphatic carbocycles. The molecule has 0 saturated carbocycles. The number of benzene rings is 2. The van der Waals surface area contributed by atoms with Crippen molar-refractivity contribution in [2.75, 3.05) is 45.0 Å². The average molecular weight is 438 g/mol. The standard InChI is InChI=1S/C25H31N3O4/c1-27(22-10-13-30-16-22)20-8-11-28(12-9-20)21-5-3-19(4-6-21)25(29)26-15-18-2-7-23-24(14-18)32-17-31-23/h2-7,14,20,22H,8-13,15-17H2,1H3,(H,26,29)/t22-/m0/s1. The lowest BCUT2D eigenvalue weighted by atomic mass is 10.0. The maximum atomic E-state index is 12.6. The van der Waals surface area contributed by atoms with E-state index in [0.29, 0.717) is 24.2 Å². The van der Waals surface area contributed by atoms with E-state index < -0.39 is 0 Å². The zero-order valence-electron chi connectivity index (χ0n) is 18.6. The number of piperidine rings is 1. The highest BCUT2D eigenvalue weighted by molar-refractivity contribution is 5.94. The van der Waals surface area contributed by atoms with Gasteiger partial charge in [0, 0.05) is 49.6 Å². The van der Waals surface area contributed by atoms with Crippen molar-refractivity contribution in [3.8, 4) is 11.5 Å². The van der Waals surface area contributed by atoms with Crippen LogP contribution in [0.25, 0.3) is 0 Å². The van der Waals surface area contributed by atoms with Crippen molar-refractivity contribution in [3.05, 3.63) is 53.6 Å². The number of carbonyl (C=O) groups is 1. The van der Waals surface area contributed by atoms with Gasteiger partial charge in [-0.3, -0.25) is 9.69 Å². The minimum Gasteiger partial charge on any atom is -0.454 e. The van der Waals surface area contributed by atoms with Crippen molar-refractivity contribution < 1.29 is 19.0 Å². The molecule has 170 valence electrons. The molecule has 3 aliphatic rings. The summed E-state index contributed by atoms with van der Waals surface area (Å²) in [5, 5.41) is 2.99. The Morgan fingerprint density at radius 1 is 1.03 bits per heavy atom. The third kappa shape index (κ3) is 4.54. The second-order valence-corrected chi connectivity index (χ2v) is 8.82. The highest BCUT2D eigenvalue weighted by atomic mass is 16.7. The molecule has 0 bridgehead atoms. The molecule has 2 saturated heterocycles. The summed E-state index contributed by atoms with van der Waals surface area (Å²) in [5.74, 6) is 1.40. The number of nitrogens with zero attached hydrogens (tertiary/aromatic N) is 2. The Morgan fingerprint density at radius 2 is 1.81 bits per heavy atom. The van der Waals surface area contributed by atoms with Gasteiger partial charge < -0.3 is 24.4 Å². The number of rotatable bonds is 6. The van der Waals surface area contributed by atoms with E-state index in [1.54, 1.807) is 0 Å². The van der Waals surface area contributed by atoms with E-state index in [1.165, 1.54) is 5.69 Å². The van der Waals surface area contributed by atoms with Crippen LogP contribution in [0.15, 0.2) is 42.5 Å². The first kappa shape index (κ1) is 21.1. The van der Waals surface area contributed by atoms with Crippen molar-refractivity contribution in [3.63, 3.8) is 0 Å². The van der Waals surface area contributed by atoms with E-state index >= 15 is 0 Å². The fourth-order valence-corrected chi connectivity index (χ4v) is 4.83. The normalized spacial score (nSPS) is 20.7. The Morgan fingerprint density at radius 3 is 2.56 bits per heavy atom. The number of hydrogen-bond donors (Lipinski definition) is 1. The van der Waals surface area contributed by atoms with Crippen LogP contribution >= 0.6 is 0 Å². The minimum atomic E-state index is -0.0756. The molecule has 7 heteroatoms. The van der Waals surface area contributed by atoms with Gasteiger partial charge in [-0.15, -0.1) is 0 Å². The Bertz CT molecular complexity index is 935. The zero-order chi connectivity index (χ0) is 21.9. The van der Waals surface area contributed by atoms with Gasteiger partial charge in [0.05, 0.1) is 6.61 Å². The van der Waals surface area contributed by atoms with Gasteiger partial charge in [0.1, 0.15) is 0 Å². The second-order valence-electron chi connectivity index (χ2n) is 8.82. The van der Waals surface area contributed by atoms with Gasteiger partial charge in [-0.25, -0.2) is 0 Å². The number of ether oxygens (including phenoxy) is 3. The average Bonchev–Trinajstić information content (AvgIpc) is 3.54.